The van der Waals surface area contributed by atoms with E-state index in [0.717, 1.165) is 24.3 Å². The highest BCUT2D eigenvalue weighted by molar-refractivity contribution is 8.00. The summed E-state index contributed by atoms with van der Waals surface area (Å²) in [6.45, 7) is 0. The molecule has 24 heavy (non-hydrogen) atoms. The third-order valence-corrected chi connectivity index (χ3v) is 5.27. The largest absolute Gasteiger partial charge is 0.497 e. The number of rotatable bonds is 7. The molecule has 5 nitrogen and oxygen atoms in total. The molecule has 2 amide bonds. The molecule has 0 radical (unpaired) electrons. The fraction of sp³-hybridized carbons (Fsp3) is 0.556. The van der Waals surface area contributed by atoms with Crippen LogP contribution in [0.1, 0.15) is 32.1 Å². The number of carbonyl (C=O) groups excluding carboxylic acids is 2. The molecule has 2 rings (SSSR count). The molecule has 0 spiro atoms. The molecule has 1 aliphatic rings. The van der Waals surface area contributed by atoms with Crippen LogP contribution in [0.15, 0.2) is 24.3 Å². The molecule has 1 saturated carbocycles. The van der Waals surface area contributed by atoms with Crippen molar-refractivity contribution in [3.8, 4) is 5.75 Å². The molecule has 0 atom stereocenters. The van der Waals surface area contributed by atoms with Crippen molar-refractivity contribution in [2.24, 2.45) is 0 Å². The van der Waals surface area contributed by atoms with Crippen LogP contribution in [0.3, 0.4) is 0 Å². The third kappa shape index (κ3) is 5.74. The first-order valence-electron chi connectivity index (χ1n) is 8.37. The molecule has 0 aliphatic heterocycles. The van der Waals surface area contributed by atoms with Gasteiger partial charge in [0, 0.05) is 18.8 Å². The maximum Gasteiger partial charge on any atom is 0.234 e. The summed E-state index contributed by atoms with van der Waals surface area (Å²) >= 11 is 1.36. The minimum atomic E-state index is -0.0988. The highest BCUT2D eigenvalue weighted by Gasteiger charge is 2.21. The summed E-state index contributed by atoms with van der Waals surface area (Å²) in [6, 6.07) is 7.56. The molecule has 1 fully saturated rings. The Balaban J connectivity index is 1.68. The van der Waals surface area contributed by atoms with Gasteiger partial charge < -0.3 is 15.0 Å². The summed E-state index contributed by atoms with van der Waals surface area (Å²) in [5, 5.41) is 2.82. The highest BCUT2D eigenvalue weighted by atomic mass is 32.2. The maximum absolute atomic E-state index is 12.2. The number of amides is 2. The Kier molecular flexibility index (Phi) is 7.43. The van der Waals surface area contributed by atoms with E-state index in [4.69, 9.17) is 4.74 Å². The van der Waals surface area contributed by atoms with Gasteiger partial charge in [-0.3, -0.25) is 9.59 Å². The highest BCUT2D eigenvalue weighted by Crippen LogP contribution is 2.22. The average Bonchev–Trinajstić information content (AvgIpc) is 2.62. The van der Waals surface area contributed by atoms with Crippen LogP contribution in [-0.2, 0) is 9.59 Å². The average molecular weight is 350 g/mol. The van der Waals surface area contributed by atoms with Crippen molar-refractivity contribution in [1.29, 1.82) is 0 Å². The van der Waals surface area contributed by atoms with Gasteiger partial charge in [-0.2, -0.15) is 0 Å². The molecule has 0 bridgehead atoms. The number of anilines is 1. The molecule has 132 valence electrons. The van der Waals surface area contributed by atoms with Crippen molar-refractivity contribution in [3.63, 3.8) is 0 Å². The summed E-state index contributed by atoms with van der Waals surface area (Å²) in [6.07, 6.45) is 5.90. The number of hydrogen-bond acceptors (Lipinski definition) is 4. The van der Waals surface area contributed by atoms with E-state index in [-0.39, 0.29) is 17.6 Å². The molecular weight excluding hydrogens is 324 g/mol. The first-order chi connectivity index (χ1) is 11.6. The zero-order valence-electron chi connectivity index (χ0n) is 14.4. The molecule has 0 heterocycles. The Morgan fingerprint density at radius 1 is 1.17 bits per heavy atom. The SMILES string of the molecule is COc1ccc(NC(=O)CSCC(=O)N(C)C2CCCCC2)cc1. The van der Waals surface area contributed by atoms with E-state index in [9.17, 15) is 9.59 Å². The van der Waals surface area contributed by atoms with Crippen LogP contribution >= 0.6 is 11.8 Å². The quantitative estimate of drug-likeness (QED) is 0.821. The number of nitrogens with one attached hydrogen (secondary N) is 1. The molecule has 1 aromatic carbocycles. The zero-order chi connectivity index (χ0) is 17.4. The van der Waals surface area contributed by atoms with Gasteiger partial charge in [-0.15, -0.1) is 11.8 Å². The van der Waals surface area contributed by atoms with Gasteiger partial charge in [0.25, 0.3) is 0 Å². The number of carbonyl (C=O) groups is 2. The second-order valence-electron chi connectivity index (χ2n) is 6.07. The number of hydrogen-bond donors (Lipinski definition) is 1. The predicted octanol–water partition coefficient (Wildman–Crippen LogP) is 3.16. The lowest BCUT2D eigenvalue weighted by Crippen LogP contribution is -2.39. The zero-order valence-corrected chi connectivity index (χ0v) is 15.2. The Morgan fingerprint density at radius 3 is 2.46 bits per heavy atom. The minimum absolute atomic E-state index is 0.0988. The first-order valence-corrected chi connectivity index (χ1v) is 9.53. The second-order valence-corrected chi connectivity index (χ2v) is 7.05. The summed E-state index contributed by atoms with van der Waals surface area (Å²) < 4.78 is 5.08. The molecule has 1 N–H and O–H groups in total. The summed E-state index contributed by atoms with van der Waals surface area (Å²) in [5.74, 6) is 1.39. The van der Waals surface area contributed by atoms with Gasteiger partial charge in [0.2, 0.25) is 11.8 Å². The normalized spacial score (nSPS) is 14.9. The fourth-order valence-corrected chi connectivity index (χ4v) is 3.61. The van der Waals surface area contributed by atoms with Gasteiger partial charge in [-0.05, 0) is 37.1 Å². The van der Waals surface area contributed by atoms with Crippen molar-refractivity contribution in [1.82, 2.24) is 4.90 Å². The maximum atomic E-state index is 12.2. The Hall–Kier alpha value is -1.69. The fourth-order valence-electron chi connectivity index (χ4n) is 2.88. The summed E-state index contributed by atoms with van der Waals surface area (Å²) in [5.41, 5.74) is 0.729. The van der Waals surface area contributed by atoms with E-state index >= 15 is 0 Å². The van der Waals surface area contributed by atoms with Crippen LogP contribution in [0.5, 0.6) is 5.75 Å². The number of thioether (sulfide) groups is 1. The standard InChI is InChI=1S/C18H26N2O3S/c1-20(15-6-4-3-5-7-15)18(22)13-24-12-17(21)19-14-8-10-16(23-2)11-9-14/h8-11,15H,3-7,12-13H2,1-2H3,(H,19,21). The minimum Gasteiger partial charge on any atom is -0.497 e. The summed E-state index contributed by atoms with van der Waals surface area (Å²) in [7, 11) is 3.49. The number of benzene rings is 1. The van der Waals surface area contributed by atoms with Crippen LogP contribution in [0.2, 0.25) is 0 Å². The van der Waals surface area contributed by atoms with Crippen LogP contribution in [0, 0.1) is 0 Å². The Labute approximate surface area is 148 Å². The Bertz CT molecular complexity index is 542. The van der Waals surface area contributed by atoms with Crippen molar-refractivity contribution >= 4 is 29.3 Å². The van der Waals surface area contributed by atoms with E-state index in [2.05, 4.69) is 5.32 Å². The molecule has 1 aromatic rings. The molecule has 0 aromatic heterocycles. The van der Waals surface area contributed by atoms with Gasteiger partial charge in [-0.1, -0.05) is 19.3 Å². The van der Waals surface area contributed by atoms with E-state index < -0.39 is 0 Å². The number of nitrogens with zero attached hydrogens (tertiary/aromatic N) is 1. The van der Waals surface area contributed by atoms with Gasteiger partial charge >= 0.3 is 0 Å². The van der Waals surface area contributed by atoms with Crippen LogP contribution in [0.4, 0.5) is 5.69 Å². The molecule has 0 saturated heterocycles. The molecule has 0 unspecified atom stereocenters. The van der Waals surface area contributed by atoms with E-state index in [1.807, 2.05) is 11.9 Å². The van der Waals surface area contributed by atoms with Crippen molar-refractivity contribution in [2.45, 2.75) is 38.1 Å². The topological polar surface area (TPSA) is 58.6 Å². The lowest BCUT2D eigenvalue weighted by molar-refractivity contribution is -0.129. The Morgan fingerprint density at radius 2 is 1.83 bits per heavy atom. The lowest BCUT2D eigenvalue weighted by atomic mass is 9.94. The van der Waals surface area contributed by atoms with Gasteiger partial charge in [-0.25, -0.2) is 0 Å². The van der Waals surface area contributed by atoms with E-state index in [0.29, 0.717) is 11.8 Å². The second kappa shape index (κ2) is 9.57. The smallest absolute Gasteiger partial charge is 0.234 e. The van der Waals surface area contributed by atoms with Gasteiger partial charge in [0.1, 0.15) is 5.75 Å². The van der Waals surface area contributed by atoms with Crippen LogP contribution in [-0.4, -0.2) is 48.4 Å². The number of ether oxygens (including phenoxy) is 1. The van der Waals surface area contributed by atoms with Gasteiger partial charge in [0.05, 0.1) is 18.6 Å². The van der Waals surface area contributed by atoms with Crippen molar-refractivity contribution in [2.75, 3.05) is 31.0 Å². The van der Waals surface area contributed by atoms with E-state index in [1.54, 1.807) is 31.4 Å². The van der Waals surface area contributed by atoms with Gasteiger partial charge in [0.15, 0.2) is 0 Å². The summed E-state index contributed by atoms with van der Waals surface area (Å²) in [4.78, 5) is 26.0. The predicted molar refractivity (Wildman–Crippen MR) is 98.6 cm³/mol. The lowest BCUT2D eigenvalue weighted by Gasteiger charge is -2.31. The van der Waals surface area contributed by atoms with Crippen molar-refractivity contribution < 1.29 is 14.3 Å². The van der Waals surface area contributed by atoms with Crippen LogP contribution < -0.4 is 10.1 Å². The first kappa shape index (κ1) is 18.6. The van der Waals surface area contributed by atoms with Crippen molar-refractivity contribution in [3.05, 3.63) is 24.3 Å². The van der Waals surface area contributed by atoms with E-state index in [1.165, 1.54) is 31.0 Å². The molecule has 6 heteroatoms. The number of methoxy groups -OCH3 is 1. The molecular formula is C18H26N2O3S. The third-order valence-electron chi connectivity index (χ3n) is 4.35. The molecule has 1 aliphatic carbocycles. The van der Waals surface area contributed by atoms with Crippen LogP contribution in [0.25, 0.3) is 0 Å². The monoisotopic (exact) mass is 350 g/mol.